The molecular weight excluding hydrogens is 574 g/mol. The number of H-pyrrole nitrogens is 1. The lowest BCUT2D eigenvalue weighted by molar-refractivity contribution is -0.131. The first-order chi connectivity index (χ1) is 21.9. The smallest absolute Gasteiger partial charge is 0.263 e. The fraction of sp³-hybridized carbons (Fsp3) is 0.312. The van der Waals surface area contributed by atoms with E-state index in [9.17, 15) is 19.2 Å². The highest BCUT2D eigenvalue weighted by molar-refractivity contribution is 6.04. The van der Waals surface area contributed by atoms with Gasteiger partial charge in [-0.1, -0.05) is 6.07 Å². The summed E-state index contributed by atoms with van der Waals surface area (Å²) < 4.78 is 1.45. The molecule has 3 amide bonds. The topological polar surface area (TPSA) is 149 Å². The van der Waals surface area contributed by atoms with Gasteiger partial charge in [0, 0.05) is 74.5 Å². The largest absolute Gasteiger partial charge is 0.369 e. The Morgan fingerprint density at radius 1 is 0.956 bits per heavy atom. The normalized spacial score (nSPS) is 14.7. The minimum Gasteiger partial charge on any atom is -0.369 e. The van der Waals surface area contributed by atoms with Gasteiger partial charge in [0.1, 0.15) is 5.56 Å². The van der Waals surface area contributed by atoms with Crippen molar-refractivity contribution < 1.29 is 14.4 Å². The van der Waals surface area contributed by atoms with Gasteiger partial charge in [0.15, 0.2) is 5.82 Å². The minimum absolute atomic E-state index is 0.00502. The third-order valence-corrected chi connectivity index (χ3v) is 8.20. The van der Waals surface area contributed by atoms with Crippen LogP contribution in [-0.2, 0) is 24.4 Å². The summed E-state index contributed by atoms with van der Waals surface area (Å²) >= 11 is 0. The minimum atomic E-state index is -0.536. The number of carbonyl (C=O) groups is 3. The molecular formula is C32H35N9O4. The van der Waals surface area contributed by atoms with Crippen LogP contribution in [0.15, 0.2) is 71.9 Å². The van der Waals surface area contributed by atoms with Crippen molar-refractivity contribution in [3.8, 4) is 0 Å². The number of benzene rings is 1. The molecule has 0 radical (unpaired) electrons. The second-order valence-corrected chi connectivity index (χ2v) is 11.3. The van der Waals surface area contributed by atoms with Crippen LogP contribution in [0.25, 0.3) is 0 Å². The second kappa shape index (κ2) is 13.1. The molecule has 0 atom stereocenters. The van der Waals surface area contributed by atoms with Gasteiger partial charge in [-0.15, -0.1) is 0 Å². The number of aromatic amines is 1. The van der Waals surface area contributed by atoms with Gasteiger partial charge in [0.25, 0.3) is 17.4 Å². The number of likely N-dealkylation sites (N-methyl/N-ethyl adjacent to an activating group) is 1. The molecule has 5 heterocycles. The Morgan fingerprint density at radius 3 is 2.51 bits per heavy atom. The molecule has 1 saturated heterocycles. The average molecular weight is 610 g/mol. The molecule has 0 aliphatic carbocycles. The fourth-order valence-electron chi connectivity index (χ4n) is 5.55. The number of fused-ring (bicyclic) bond motifs is 1. The van der Waals surface area contributed by atoms with Crippen molar-refractivity contribution in [1.29, 1.82) is 0 Å². The Morgan fingerprint density at radius 2 is 1.76 bits per heavy atom. The van der Waals surface area contributed by atoms with E-state index in [-0.39, 0.29) is 36.9 Å². The number of nitrogens with one attached hydrogen (secondary N) is 3. The van der Waals surface area contributed by atoms with Crippen LogP contribution in [0.1, 0.15) is 44.0 Å². The molecule has 4 aromatic rings. The molecule has 45 heavy (non-hydrogen) atoms. The summed E-state index contributed by atoms with van der Waals surface area (Å²) in [5, 5.41) is 12.7. The number of anilines is 2. The first-order valence-corrected chi connectivity index (χ1v) is 14.9. The van der Waals surface area contributed by atoms with E-state index in [1.807, 2.05) is 30.3 Å². The number of piperazine rings is 1. The molecule has 1 fully saturated rings. The predicted octanol–water partition coefficient (Wildman–Crippen LogP) is 1.68. The van der Waals surface area contributed by atoms with Gasteiger partial charge in [-0.05, 0) is 55.1 Å². The van der Waals surface area contributed by atoms with Crippen molar-refractivity contribution in [1.82, 2.24) is 34.9 Å². The highest BCUT2D eigenvalue weighted by Gasteiger charge is 2.29. The monoisotopic (exact) mass is 609 g/mol. The molecule has 6 rings (SSSR count). The Hall–Kier alpha value is -5.30. The fourth-order valence-corrected chi connectivity index (χ4v) is 5.55. The summed E-state index contributed by atoms with van der Waals surface area (Å²) in [5.74, 6) is -0.583. The lowest BCUT2D eigenvalue weighted by atomic mass is 10.1. The number of pyridine rings is 2. The van der Waals surface area contributed by atoms with Gasteiger partial charge in [-0.3, -0.25) is 29.3 Å². The zero-order valence-corrected chi connectivity index (χ0v) is 25.0. The van der Waals surface area contributed by atoms with Gasteiger partial charge in [0.05, 0.1) is 25.3 Å². The van der Waals surface area contributed by atoms with E-state index in [2.05, 4.69) is 42.7 Å². The average Bonchev–Trinajstić information content (AvgIpc) is 3.65. The van der Waals surface area contributed by atoms with E-state index in [4.69, 9.17) is 0 Å². The highest BCUT2D eigenvalue weighted by Crippen LogP contribution is 2.28. The van der Waals surface area contributed by atoms with Gasteiger partial charge in [0.2, 0.25) is 5.91 Å². The third-order valence-electron chi connectivity index (χ3n) is 8.20. The molecule has 13 heteroatoms. The molecule has 3 N–H and O–H groups in total. The molecule has 13 nitrogen and oxygen atoms in total. The number of hydrogen-bond acceptors (Lipinski definition) is 8. The molecule has 232 valence electrons. The van der Waals surface area contributed by atoms with E-state index >= 15 is 0 Å². The first-order valence-electron chi connectivity index (χ1n) is 14.9. The lowest BCUT2D eigenvalue weighted by Crippen LogP contribution is -2.44. The summed E-state index contributed by atoms with van der Waals surface area (Å²) in [6.45, 7) is 4.88. The first kappa shape index (κ1) is 29.8. The van der Waals surface area contributed by atoms with Crippen molar-refractivity contribution in [2.45, 2.75) is 26.1 Å². The van der Waals surface area contributed by atoms with Crippen LogP contribution in [-0.4, -0.2) is 87.0 Å². The molecule has 0 unspecified atom stereocenters. The molecule has 0 spiro atoms. The van der Waals surface area contributed by atoms with Crippen LogP contribution in [0.3, 0.4) is 0 Å². The second-order valence-electron chi connectivity index (χ2n) is 11.3. The summed E-state index contributed by atoms with van der Waals surface area (Å²) in [5.41, 5.74) is 3.55. The quantitative estimate of drug-likeness (QED) is 0.260. The molecule has 0 saturated carbocycles. The molecule has 3 aromatic heterocycles. The van der Waals surface area contributed by atoms with Crippen molar-refractivity contribution in [2.75, 3.05) is 50.0 Å². The lowest BCUT2D eigenvalue weighted by Gasteiger charge is -2.34. The van der Waals surface area contributed by atoms with Gasteiger partial charge >= 0.3 is 0 Å². The number of aromatic nitrogens is 4. The van der Waals surface area contributed by atoms with E-state index in [0.29, 0.717) is 24.5 Å². The van der Waals surface area contributed by atoms with Gasteiger partial charge in [-0.2, -0.15) is 5.10 Å². The van der Waals surface area contributed by atoms with Crippen LogP contribution < -0.4 is 21.1 Å². The van der Waals surface area contributed by atoms with Crippen LogP contribution in [0.5, 0.6) is 0 Å². The zero-order valence-electron chi connectivity index (χ0n) is 25.0. The zero-order chi connectivity index (χ0) is 31.3. The van der Waals surface area contributed by atoms with Gasteiger partial charge < -0.3 is 29.9 Å². The van der Waals surface area contributed by atoms with Crippen molar-refractivity contribution in [3.05, 3.63) is 105 Å². The van der Waals surface area contributed by atoms with E-state index in [1.165, 1.54) is 10.6 Å². The standard InChI is InChI=1S/C32H35N9O4/c1-38-14-16-39(17-15-38)24-8-6-23(7-9-24)30(43)35-29-26-20-41(21-27(26)36-37-29)28(42)10-12-34-31(44)25-5-3-13-40(32(25)45)19-22-4-2-11-33-18-22/h2-9,11,13,18H,10,12,14-17,19-21H2,1H3,(H,34,44)(H2,35,36,37,43). The van der Waals surface area contributed by atoms with E-state index < -0.39 is 11.5 Å². The van der Waals surface area contributed by atoms with Crippen molar-refractivity contribution in [2.24, 2.45) is 0 Å². The Bertz CT molecular complexity index is 1740. The van der Waals surface area contributed by atoms with Gasteiger partial charge in [-0.25, -0.2) is 0 Å². The van der Waals surface area contributed by atoms with E-state index in [1.54, 1.807) is 35.6 Å². The Balaban J connectivity index is 0.991. The summed E-state index contributed by atoms with van der Waals surface area (Å²) in [4.78, 5) is 61.9. The third kappa shape index (κ3) is 6.78. The maximum atomic E-state index is 13.0. The van der Waals surface area contributed by atoms with Crippen molar-refractivity contribution >= 4 is 29.2 Å². The molecule has 2 aliphatic rings. The maximum Gasteiger partial charge on any atom is 0.263 e. The number of hydrogen-bond donors (Lipinski definition) is 3. The van der Waals surface area contributed by atoms with Crippen LogP contribution in [0, 0.1) is 0 Å². The number of amides is 3. The predicted molar refractivity (Wildman–Crippen MR) is 168 cm³/mol. The summed E-state index contributed by atoms with van der Waals surface area (Å²) in [7, 11) is 2.11. The summed E-state index contributed by atoms with van der Waals surface area (Å²) in [6.07, 6.45) is 5.00. The van der Waals surface area contributed by atoms with Crippen LogP contribution in [0.4, 0.5) is 11.5 Å². The molecule has 2 aliphatic heterocycles. The number of rotatable bonds is 9. The van der Waals surface area contributed by atoms with Crippen LogP contribution >= 0.6 is 0 Å². The molecule has 1 aromatic carbocycles. The Kier molecular flexibility index (Phi) is 8.69. The van der Waals surface area contributed by atoms with Crippen LogP contribution in [0.2, 0.25) is 0 Å². The summed E-state index contributed by atoms with van der Waals surface area (Å²) in [6, 6.07) is 14.3. The Labute approximate surface area is 259 Å². The number of nitrogens with zero attached hydrogens (tertiary/aromatic N) is 6. The SMILES string of the molecule is CN1CCN(c2ccc(C(=O)Nc3n[nH]c4c3CN(C(=O)CCNC(=O)c3cccn(Cc5cccnc5)c3=O)C4)cc2)CC1. The molecule has 0 bridgehead atoms. The van der Waals surface area contributed by atoms with E-state index in [0.717, 1.165) is 48.7 Å². The maximum absolute atomic E-state index is 13.0. The van der Waals surface area contributed by atoms with Crippen molar-refractivity contribution in [3.63, 3.8) is 0 Å². The highest BCUT2D eigenvalue weighted by atomic mass is 16.2. The number of carbonyl (C=O) groups excluding carboxylic acids is 3.